The average Bonchev–Trinajstić information content (AvgIpc) is 3.04. The third-order valence-electron chi connectivity index (χ3n) is 4.74. The van der Waals surface area contributed by atoms with Crippen LogP contribution < -0.4 is 10.7 Å². The summed E-state index contributed by atoms with van der Waals surface area (Å²) in [6, 6.07) is 11.8. The molecule has 4 rings (SSSR count). The van der Waals surface area contributed by atoms with E-state index < -0.39 is 5.25 Å². The molecule has 0 fully saturated rings. The van der Waals surface area contributed by atoms with Gasteiger partial charge in [0.1, 0.15) is 16.9 Å². The minimum absolute atomic E-state index is 0.146. The summed E-state index contributed by atoms with van der Waals surface area (Å²) in [5.41, 5.74) is 6.97. The normalized spacial score (nSPS) is 18.3. The minimum atomic E-state index is -0.499. The molecule has 0 saturated heterocycles. The monoisotopic (exact) mass is 397 g/mol. The van der Waals surface area contributed by atoms with Crippen LogP contribution in [0.15, 0.2) is 47.6 Å². The van der Waals surface area contributed by atoms with E-state index in [0.717, 1.165) is 22.4 Å². The lowest BCUT2D eigenvalue weighted by Crippen LogP contribution is -2.41. The second-order valence-electron chi connectivity index (χ2n) is 6.87. The van der Waals surface area contributed by atoms with Gasteiger partial charge in [-0.1, -0.05) is 36.0 Å². The Bertz CT molecular complexity index is 1030. The first-order valence-electron chi connectivity index (χ1n) is 8.91. The van der Waals surface area contributed by atoms with E-state index in [1.54, 1.807) is 16.8 Å². The molecule has 0 aliphatic carbocycles. The van der Waals surface area contributed by atoms with Gasteiger partial charge in [-0.05, 0) is 55.7 Å². The van der Waals surface area contributed by atoms with E-state index in [9.17, 15) is 9.18 Å². The maximum atomic E-state index is 13.4. The van der Waals surface area contributed by atoms with Crippen molar-refractivity contribution in [2.75, 3.05) is 10.7 Å². The van der Waals surface area contributed by atoms with Crippen LogP contribution in [0.2, 0.25) is 0 Å². The first-order valence-corrected chi connectivity index (χ1v) is 9.79. The van der Waals surface area contributed by atoms with Crippen molar-refractivity contribution in [2.24, 2.45) is 0 Å². The molecule has 0 unspecified atom stereocenters. The molecule has 1 aliphatic heterocycles. The third kappa shape index (κ3) is 3.47. The predicted molar refractivity (Wildman–Crippen MR) is 107 cm³/mol. The zero-order valence-corrected chi connectivity index (χ0v) is 16.5. The molecular formula is C20H20FN5OS. The van der Waals surface area contributed by atoms with Crippen molar-refractivity contribution in [1.82, 2.24) is 14.9 Å². The minimum Gasteiger partial charge on any atom is -0.325 e. The molecule has 2 aromatic carbocycles. The highest BCUT2D eigenvalue weighted by Gasteiger charge is 2.37. The number of rotatable bonds is 3. The number of amides is 1. The van der Waals surface area contributed by atoms with Gasteiger partial charge < -0.3 is 10.7 Å². The number of benzene rings is 2. The van der Waals surface area contributed by atoms with Gasteiger partial charge in [-0.3, -0.25) is 4.79 Å². The van der Waals surface area contributed by atoms with Gasteiger partial charge in [0.25, 0.3) is 0 Å². The van der Waals surface area contributed by atoms with Crippen molar-refractivity contribution in [3.05, 3.63) is 70.8 Å². The molecule has 2 heterocycles. The van der Waals surface area contributed by atoms with Crippen LogP contribution in [0.4, 0.5) is 10.1 Å². The molecule has 0 radical (unpaired) electrons. The van der Waals surface area contributed by atoms with Crippen LogP contribution in [0.25, 0.3) is 0 Å². The number of aromatic nitrogens is 3. The molecule has 1 amide bonds. The first-order chi connectivity index (χ1) is 13.4. The Morgan fingerprint density at radius 3 is 2.64 bits per heavy atom. The van der Waals surface area contributed by atoms with Gasteiger partial charge >= 0.3 is 0 Å². The van der Waals surface area contributed by atoms with Crippen molar-refractivity contribution in [1.29, 1.82) is 0 Å². The van der Waals surface area contributed by atoms with Gasteiger partial charge in [0.15, 0.2) is 0 Å². The van der Waals surface area contributed by atoms with Gasteiger partial charge in [-0.2, -0.15) is 0 Å². The molecular weight excluding hydrogens is 377 g/mol. The van der Waals surface area contributed by atoms with Crippen molar-refractivity contribution >= 4 is 23.4 Å². The zero-order chi connectivity index (χ0) is 19.8. The Balaban J connectivity index is 1.68. The van der Waals surface area contributed by atoms with Crippen molar-refractivity contribution < 1.29 is 9.18 Å². The highest BCUT2D eigenvalue weighted by atomic mass is 32.2. The summed E-state index contributed by atoms with van der Waals surface area (Å²) < 4.78 is 15.2. The molecule has 2 atom stereocenters. The number of nitrogens with one attached hydrogen (secondary N) is 2. The van der Waals surface area contributed by atoms with Crippen LogP contribution >= 0.6 is 11.8 Å². The van der Waals surface area contributed by atoms with Crippen LogP contribution in [0.5, 0.6) is 0 Å². The van der Waals surface area contributed by atoms with Gasteiger partial charge in [0.2, 0.25) is 11.1 Å². The smallest absolute Gasteiger partial charge is 0.240 e. The van der Waals surface area contributed by atoms with Crippen molar-refractivity contribution in [3.63, 3.8) is 0 Å². The van der Waals surface area contributed by atoms with Crippen LogP contribution in [0.3, 0.4) is 0 Å². The van der Waals surface area contributed by atoms with Gasteiger partial charge in [-0.25, -0.2) is 9.07 Å². The lowest BCUT2D eigenvalue weighted by molar-refractivity contribution is -0.116. The lowest BCUT2D eigenvalue weighted by atomic mass is 10.0. The van der Waals surface area contributed by atoms with Gasteiger partial charge in [0, 0.05) is 5.69 Å². The second-order valence-corrected chi connectivity index (χ2v) is 7.98. The number of fused-ring (bicyclic) bond motifs is 1. The van der Waals surface area contributed by atoms with E-state index in [0.29, 0.717) is 11.0 Å². The van der Waals surface area contributed by atoms with Gasteiger partial charge in [0.05, 0.1) is 6.04 Å². The largest absolute Gasteiger partial charge is 0.325 e. The molecule has 0 bridgehead atoms. The topological polar surface area (TPSA) is 71.8 Å². The summed E-state index contributed by atoms with van der Waals surface area (Å²) in [7, 11) is 0. The summed E-state index contributed by atoms with van der Waals surface area (Å²) in [4.78, 5) is 13.2. The quantitative estimate of drug-likeness (QED) is 0.704. The highest BCUT2D eigenvalue weighted by molar-refractivity contribution is 8.00. The number of nitrogens with zero attached hydrogens (tertiary/aromatic N) is 3. The van der Waals surface area contributed by atoms with E-state index in [-0.39, 0.29) is 17.8 Å². The number of hydrogen-bond acceptors (Lipinski definition) is 5. The van der Waals surface area contributed by atoms with E-state index in [1.807, 2.05) is 39.0 Å². The second kappa shape index (κ2) is 7.27. The molecule has 2 N–H and O–H groups in total. The number of aryl methyl sites for hydroxylation is 3. The van der Waals surface area contributed by atoms with Crippen molar-refractivity contribution in [3.8, 4) is 0 Å². The number of carbonyl (C=O) groups is 1. The Morgan fingerprint density at radius 1 is 1.14 bits per heavy atom. The molecule has 0 spiro atoms. The molecule has 6 nitrogen and oxygen atoms in total. The number of thioether (sulfide) groups is 1. The SMILES string of the molecule is Cc1ccc(C)c(NC(=O)[C@H]2Sc3nnc(C)n3N[C@@H]2c2ccc(F)cc2)c1. The fraction of sp³-hybridized carbons (Fsp3) is 0.250. The predicted octanol–water partition coefficient (Wildman–Crippen LogP) is 3.74. The number of hydrogen-bond donors (Lipinski definition) is 2. The summed E-state index contributed by atoms with van der Waals surface area (Å²) in [5, 5.41) is 11.4. The molecule has 3 aromatic rings. The molecule has 28 heavy (non-hydrogen) atoms. The molecule has 1 aliphatic rings. The maximum absolute atomic E-state index is 13.4. The summed E-state index contributed by atoms with van der Waals surface area (Å²) in [6.45, 7) is 5.78. The summed E-state index contributed by atoms with van der Waals surface area (Å²) >= 11 is 1.34. The Kier molecular flexibility index (Phi) is 4.80. The third-order valence-corrected chi connectivity index (χ3v) is 5.95. The number of halogens is 1. The zero-order valence-electron chi connectivity index (χ0n) is 15.7. The highest BCUT2D eigenvalue weighted by Crippen LogP contribution is 2.37. The van der Waals surface area contributed by atoms with Crippen molar-refractivity contribution in [2.45, 2.75) is 37.2 Å². The summed E-state index contributed by atoms with van der Waals surface area (Å²) in [6.07, 6.45) is 0. The number of anilines is 1. The average molecular weight is 397 g/mol. The molecule has 0 saturated carbocycles. The Hall–Kier alpha value is -2.87. The Morgan fingerprint density at radius 2 is 1.89 bits per heavy atom. The van der Waals surface area contributed by atoms with Crippen LogP contribution in [-0.2, 0) is 4.79 Å². The van der Waals surface area contributed by atoms with E-state index in [4.69, 9.17) is 0 Å². The van der Waals surface area contributed by atoms with Crippen LogP contribution in [0, 0.1) is 26.6 Å². The standard InChI is InChI=1S/C20H20FN5OS/c1-11-4-5-12(2)16(10-11)22-19(27)18-17(14-6-8-15(21)9-7-14)25-26-13(3)23-24-20(26)28-18/h4-10,17-18,25H,1-3H3,(H,22,27)/t17-,18+/m1/s1. The first kappa shape index (κ1) is 18.5. The van der Waals surface area contributed by atoms with E-state index in [1.165, 1.54) is 23.9 Å². The van der Waals surface area contributed by atoms with Crippen LogP contribution in [-0.4, -0.2) is 26.0 Å². The Labute approximate surface area is 166 Å². The summed E-state index contributed by atoms with van der Waals surface area (Å²) in [5.74, 6) is 0.236. The molecule has 144 valence electrons. The van der Waals surface area contributed by atoms with E-state index in [2.05, 4.69) is 20.9 Å². The molecule has 8 heteroatoms. The maximum Gasteiger partial charge on any atom is 0.240 e. The van der Waals surface area contributed by atoms with E-state index >= 15 is 0 Å². The van der Waals surface area contributed by atoms with Crippen LogP contribution in [0.1, 0.15) is 28.6 Å². The van der Waals surface area contributed by atoms with Gasteiger partial charge in [-0.15, -0.1) is 10.2 Å². The lowest BCUT2D eigenvalue weighted by Gasteiger charge is -2.32. The fourth-order valence-corrected chi connectivity index (χ4v) is 4.28. The molecule has 1 aromatic heterocycles. The number of carbonyl (C=O) groups excluding carboxylic acids is 1. The fourth-order valence-electron chi connectivity index (χ4n) is 3.16.